The summed E-state index contributed by atoms with van der Waals surface area (Å²) in [6.07, 6.45) is 0.666. The van der Waals surface area contributed by atoms with Crippen molar-refractivity contribution in [3.05, 3.63) is 22.2 Å². The number of nitrogens with zero attached hydrogens (tertiary/aromatic N) is 2. The van der Waals surface area contributed by atoms with Gasteiger partial charge in [-0.15, -0.1) is 0 Å². The minimum atomic E-state index is -1.79. The number of aliphatic hydroxyl groups excluding tert-OH is 1. The molecule has 0 amide bonds. The predicted octanol–water partition coefficient (Wildman–Crippen LogP) is -0.247. The number of anilines is 1. The number of nitrogen functional groups attached to an aromatic ring is 1. The van der Waals surface area contributed by atoms with Gasteiger partial charge in [0.1, 0.15) is 12.0 Å². The summed E-state index contributed by atoms with van der Waals surface area (Å²) in [6.45, 7) is 0.839. The van der Waals surface area contributed by atoms with E-state index >= 15 is 0 Å². The minimum Gasteiger partial charge on any atom is -0.393 e. The highest BCUT2D eigenvalue weighted by Gasteiger charge is 2.41. The number of hydrogen-bond acceptors (Lipinski definition) is 5. The second-order valence-electron chi connectivity index (χ2n) is 4.28. The molecule has 1 aliphatic rings. The van der Waals surface area contributed by atoms with Gasteiger partial charge >= 0.3 is 5.69 Å². The van der Waals surface area contributed by atoms with Crippen LogP contribution in [0, 0.1) is 6.92 Å². The largest absolute Gasteiger partial charge is 0.393 e. The number of rotatable bonds is 2. The molecule has 0 saturated carbocycles. The van der Waals surface area contributed by atoms with Crippen molar-refractivity contribution >= 4 is 5.82 Å². The molecule has 0 aliphatic carbocycles. The summed E-state index contributed by atoms with van der Waals surface area (Å²) in [7, 11) is 0. The number of hydrogen-bond donors (Lipinski definition) is 2. The second kappa shape index (κ2) is 4.08. The summed E-state index contributed by atoms with van der Waals surface area (Å²) in [5.74, 6) is 0.151. The Labute approximate surface area is 96.8 Å². The van der Waals surface area contributed by atoms with Crippen molar-refractivity contribution in [2.24, 2.45) is 0 Å². The van der Waals surface area contributed by atoms with Gasteiger partial charge in [0, 0.05) is 18.2 Å². The van der Waals surface area contributed by atoms with E-state index in [1.165, 1.54) is 10.8 Å². The smallest absolute Gasteiger partial charge is 0.351 e. The molecule has 94 valence electrons. The highest BCUT2D eigenvalue weighted by Crippen LogP contribution is 2.33. The van der Waals surface area contributed by atoms with Crippen LogP contribution in [0.2, 0.25) is 0 Å². The van der Waals surface area contributed by atoms with E-state index in [2.05, 4.69) is 4.98 Å². The van der Waals surface area contributed by atoms with Gasteiger partial charge in [0.2, 0.25) is 0 Å². The molecule has 2 heterocycles. The van der Waals surface area contributed by atoms with Gasteiger partial charge < -0.3 is 15.6 Å². The Morgan fingerprint density at radius 1 is 1.82 bits per heavy atom. The van der Waals surface area contributed by atoms with Crippen molar-refractivity contribution in [2.45, 2.75) is 25.2 Å². The molecule has 2 atom stereocenters. The first kappa shape index (κ1) is 12.0. The van der Waals surface area contributed by atoms with Crippen molar-refractivity contribution < 1.29 is 14.2 Å². The first-order valence-corrected chi connectivity index (χ1v) is 5.22. The average molecular weight is 243 g/mol. The molecule has 1 saturated heterocycles. The number of aromatic nitrogens is 2. The van der Waals surface area contributed by atoms with E-state index < -0.39 is 24.2 Å². The Balaban J connectivity index is 2.31. The third-order valence-corrected chi connectivity index (χ3v) is 2.84. The Kier molecular flexibility index (Phi) is 2.88. The number of nitrogens with two attached hydrogens (primary N) is 1. The molecule has 1 aliphatic heterocycles. The Morgan fingerprint density at radius 3 is 3.12 bits per heavy atom. The van der Waals surface area contributed by atoms with E-state index in [0.29, 0.717) is 5.56 Å². The van der Waals surface area contributed by atoms with Gasteiger partial charge in [-0.1, -0.05) is 0 Å². The molecule has 0 aromatic carbocycles. The van der Waals surface area contributed by atoms with E-state index in [4.69, 9.17) is 15.6 Å². The Morgan fingerprint density at radius 2 is 2.53 bits per heavy atom. The first-order valence-electron chi connectivity index (χ1n) is 5.22. The van der Waals surface area contributed by atoms with Gasteiger partial charge in [0.05, 0.1) is 13.2 Å². The summed E-state index contributed by atoms with van der Waals surface area (Å²) in [5, 5.41) is 8.88. The number of alkyl halides is 1. The zero-order valence-corrected chi connectivity index (χ0v) is 9.39. The van der Waals surface area contributed by atoms with Crippen LogP contribution >= 0.6 is 0 Å². The quantitative estimate of drug-likeness (QED) is 0.747. The fourth-order valence-corrected chi connectivity index (χ4v) is 1.75. The third kappa shape index (κ3) is 2.16. The topological polar surface area (TPSA) is 90.4 Å². The van der Waals surface area contributed by atoms with E-state index in [9.17, 15) is 9.18 Å². The number of aryl methyl sites for hydroxylation is 1. The highest BCUT2D eigenvalue weighted by atomic mass is 19.1. The van der Waals surface area contributed by atoms with E-state index in [1.807, 2.05) is 0 Å². The van der Waals surface area contributed by atoms with Gasteiger partial charge in [0.15, 0.2) is 5.67 Å². The van der Waals surface area contributed by atoms with Crippen molar-refractivity contribution in [1.29, 1.82) is 0 Å². The minimum absolute atomic E-state index is 0.0750. The molecule has 1 aromatic heterocycles. The van der Waals surface area contributed by atoms with Crippen LogP contribution in [-0.2, 0) is 4.74 Å². The molecular weight excluding hydrogens is 229 g/mol. The number of halogens is 1. The maximum Gasteiger partial charge on any atom is 0.351 e. The third-order valence-electron chi connectivity index (χ3n) is 2.84. The van der Waals surface area contributed by atoms with Gasteiger partial charge in [-0.3, -0.25) is 4.57 Å². The SMILES string of the molecule is Cc1cn([C@H]2C[C@](F)(CO)CO2)c(=O)nc1N. The molecule has 2 rings (SSSR count). The zero-order valence-electron chi connectivity index (χ0n) is 9.39. The molecule has 6 nitrogen and oxygen atoms in total. The summed E-state index contributed by atoms with van der Waals surface area (Å²) in [6, 6.07) is 0. The maximum absolute atomic E-state index is 13.8. The van der Waals surface area contributed by atoms with Crippen molar-refractivity contribution in [3.8, 4) is 0 Å². The molecule has 1 aromatic rings. The first-order chi connectivity index (χ1) is 7.95. The standard InChI is InChI=1S/C10H14FN3O3/c1-6-3-14(9(16)13-8(6)12)7-2-10(11,4-15)5-17-7/h3,7,15H,2,4-5H2,1H3,(H2,12,13,16)/t7-,10+/m1/s1. The van der Waals surface area contributed by atoms with Crippen molar-refractivity contribution in [2.75, 3.05) is 18.9 Å². The lowest BCUT2D eigenvalue weighted by Crippen LogP contribution is -2.30. The van der Waals surface area contributed by atoms with Crippen LogP contribution in [0.3, 0.4) is 0 Å². The van der Waals surface area contributed by atoms with Gasteiger partial charge in [-0.05, 0) is 6.92 Å². The van der Waals surface area contributed by atoms with E-state index in [0.717, 1.165) is 0 Å². The number of ether oxygens (including phenoxy) is 1. The van der Waals surface area contributed by atoms with Crippen LogP contribution < -0.4 is 11.4 Å². The molecule has 0 bridgehead atoms. The maximum atomic E-state index is 13.8. The van der Waals surface area contributed by atoms with Crippen LogP contribution in [-0.4, -0.2) is 33.5 Å². The molecular formula is C10H14FN3O3. The summed E-state index contributed by atoms with van der Waals surface area (Å²) < 4.78 is 20.1. The highest BCUT2D eigenvalue weighted by molar-refractivity contribution is 5.35. The monoisotopic (exact) mass is 243 g/mol. The van der Waals surface area contributed by atoms with Gasteiger partial charge in [-0.25, -0.2) is 9.18 Å². The molecule has 17 heavy (non-hydrogen) atoms. The van der Waals surface area contributed by atoms with Crippen LogP contribution in [0.25, 0.3) is 0 Å². The van der Waals surface area contributed by atoms with Crippen LogP contribution in [0.4, 0.5) is 10.2 Å². The molecule has 7 heteroatoms. The molecule has 1 fully saturated rings. The summed E-state index contributed by atoms with van der Waals surface area (Å²) in [4.78, 5) is 15.2. The fraction of sp³-hybridized carbons (Fsp3) is 0.600. The van der Waals surface area contributed by atoms with Gasteiger partial charge in [-0.2, -0.15) is 4.98 Å². The van der Waals surface area contributed by atoms with Crippen LogP contribution in [0.1, 0.15) is 18.2 Å². The van der Waals surface area contributed by atoms with E-state index in [1.54, 1.807) is 6.92 Å². The Bertz CT molecular complexity index is 490. The van der Waals surface area contributed by atoms with Crippen molar-refractivity contribution in [3.63, 3.8) is 0 Å². The predicted molar refractivity (Wildman–Crippen MR) is 58.2 cm³/mol. The molecule has 0 radical (unpaired) electrons. The fourth-order valence-electron chi connectivity index (χ4n) is 1.75. The second-order valence-corrected chi connectivity index (χ2v) is 4.28. The van der Waals surface area contributed by atoms with E-state index in [-0.39, 0.29) is 18.8 Å². The summed E-state index contributed by atoms with van der Waals surface area (Å²) >= 11 is 0. The lowest BCUT2D eigenvalue weighted by Gasteiger charge is -2.15. The number of aliphatic hydroxyl groups is 1. The summed E-state index contributed by atoms with van der Waals surface area (Å²) in [5.41, 5.74) is 3.73. The van der Waals surface area contributed by atoms with Gasteiger partial charge in [0.25, 0.3) is 0 Å². The van der Waals surface area contributed by atoms with Crippen LogP contribution in [0.15, 0.2) is 11.0 Å². The van der Waals surface area contributed by atoms with Crippen molar-refractivity contribution in [1.82, 2.24) is 9.55 Å². The zero-order chi connectivity index (χ0) is 12.6. The van der Waals surface area contributed by atoms with Crippen LogP contribution in [0.5, 0.6) is 0 Å². The normalized spacial score (nSPS) is 28.5. The molecule has 0 spiro atoms. The lowest BCUT2D eigenvalue weighted by atomic mass is 10.1. The average Bonchev–Trinajstić information content (AvgIpc) is 2.67. The Hall–Kier alpha value is -1.47. The molecule has 3 N–H and O–H groups in total. The molecule has 0 unspecified atom stereocenters. The lowest BCUT2D eigenvalue weighted by molar-refractivity contribution is 0.0273.